The van der Waals surface area contributed by atoms with E-state index in [1.807, 2.05) is 13.8 Å². The molecule has 2 amide bonds. The maximum absolute atomic E-state index is 11.9. The van der Waals surface area contributed by atoms with Gasteiger partial charge in [0.05, 0.1) is 4.99 Å². The number of nitrogens with zero attached hydrogens (tertiary/aromatic N) is 2. The van der Waals surface area contributed by atoms with Crippen molar-refractivity contribution in [3.63, 3.8) is 0 Å². The van der Waals surface area contributed by atoms with Gasteiger partial charge in [0.15, 0.2) is 0 Å². The predicted octanol–water partition coefficient (Wildman–Crippen LogP) is 0.132. The van der Waals surface area contributed by atoms with Gasteiger partial charge in [0.25, 0.3) is 0 Å². The van der Waals surface area contributed by atoms with Crippen molar-refractivity contribution in [2.75, 3.05) is 19.6 Å². The number of carbonyl (C=O) groups is 2. The molecule has 0 aromatic rings. The maximum atomic E-state index is 11.9. The number of nitrogens with two attached hydrogens (primary N) is 1. The molecule has 1 aliphatic heterocycles. The smallest absolute Gasteiger partial charge is 0.312 e. The monoisotopic (exact) mass is 257 g/mol. The molecule has 0 radical (unpaired) electrons. The number of rotatable bonds is 5. The third-order valence-electron chi connectivity index (χ3n) is 3.07. The van der Waals surface area contributed by atoms with Crippen LogP contribution in [-0.4, -0.2) is 52.3 Å². The van der Waals surface area contributed by atoms with Gasteiger partial charge in [-0.2, -0.15) is 0 Å². The molecule has 96 valence electrons. The van der Waals surface area contributed by atoms with Crippen molar-refractivity contribution in [1.82, 2.24) is 9.80 Å². The lowest BCUT2D eigenvalue weighted by Crippen LogP contribution is -2.57. The molecule has 1 heterocycles. The lowest BCUT2D eigenvalue weighted by Gasteiger charge is -2.37. The van der Waals surface area contributed by atoms with Gasteiger partial charge in [-0.1, -0.05) is 19.1 Å². The van der Waals surface area contributed by atoms with Crippen LogP contribution in [0, 0.1) is 0 Å². The van der Waals surface area contributed by atoms with Gasteiger partial charge in [-0.3, -0.25) is 9.59 Å². The van der Waals surface area contributed by atoms with Crippen molar-refractivity contribution in [3.05, 3.63) is 0 Å². The van der Waals surface area contributed by atoms with E-state index < -0.39 is 11.8 Å². The molecule has 1 fully saturated rings. The highest BCUT2D eigenvalue weighted by Gasteiger charge is 2.35. The number of hydrogen-bond acceptors (Lipinski definition) is 3. The number of likely N-dealkylation sites (N-methyl/N-ethyl adjacent to an activating group) is 1. The summed E-state index contributed by atoms with van der Waals surface area (Å²) >= 11 is 4.87. The average molecular weight is 257 g/mol. The van der Waals surface area contributed by atoms with Crippen molar-refractivity contribution in [3.8, 4) is 0 Å². The van der Waals surface area contributed by atoms with E-state index in [9.17, 15) is 9.59 Å². The van der Waals surface area contributed by atoms with Crippen LogP contribution in [0.2, 0.25) is 0 Å². The molecule has 0 aliphatic carbocycles. The highest BCUT2D eigenvalue weighted by atomic mass is 32.1. The van der Waals surface area contributed by atoms with Crippen LogP contribution in [0.25, 0.3) is 0 Å². The van der Waals surface area contributed by atoms with Crippen molar-refractivity contribution in [2.24, 2.45) is 5.73 Å². The summed E-state index contributed by atoms with van der Waals surface area (Å²) in [6, 6.07) is -0.0528. The fourth-order valence-electron chi connectivity index (χ4n) is 2.05. The van der Waals surface area contributed by atoms with Crippen LogP contribution < -0.4 is 5.73 Å². The Bertz CT molecular complexity index is 333. The molecule has 17 heavy (non-hydrogen) atoms. The van der Waals surface area contributed by atoms with E-state index in [2.05, 4.69) is 0 Å². The number of hydrogen-bond donors (Lipinski definition) is 1. The van der Waals surface area contributed by atoms with E-state index in [0.717, 1.165) is 6.42 Å². The summed E-state index contributed by atoms with van der Waals surface area (Å²) in [5.74, 6) is -0.846. The predicted molar refractivity (Wildman–Crippen MR) is 69.4 cm³/mol. The first kappa shape index (κ1) is 13.9. The minimum atomic E-state index is -0.429. The Kier molecular flexibility index (Phi) is 4.86. The van der Waals surface area contributed by atoms with Gasteiger partial charge in [-0.25, -0.2) is 0 Å². The molecule has 1 aliphatic rings. The molecule has 1 unspecified atom stereocenters. The minimum Gasteiger partial charge on any atom is -0.393 e. The molecule has 2 N–H and O–H groups in total. The first-order chi connectivity index (χ1) is 8.01. The quantitative estimate of drug-likeness (QED) is 0.561. The normalized spacial score (nSPS) is 18.5. The minimum absolute atomic E-state index is 0.0528. The van der Waals surface area contributed by atoms with Gasteiger partial charge in [0.2, 0.25) is 0 Å². The van der Waals surface area contributed by atoms with Gasteiger partial charge in [0.1, 0.15) is 0 Å². The summed E-state index contributed by atoms with van der Waals surface area (Å²) in [4.78, 5) is 27.2. The SMILES string of the molecule is CCC(CC(N)=S)N1CCN(CC)C(=O)C1=O. The van der Waals surface area contributed by atoms with Crippen LogP contribution >= 0.6 is 12.2 Å². The molecule has 5 nitrogen and oxygen atoms in total. The van der Waals surface area contributed by atoms with Crippen LogP contribution in [0.3, 0.4) is 0 Å². The van der Waals surface area contributed by atoms with Crippen molar-refractivity contribution in [2.45, 2.75) is 32.7 Å². The van der Waals surface area contributed by atoms with Crippen molar-refractivity contribution in [1.29, 1.82) is 0 Å². The highest BCUT2D eigenvalue weighted by Crippen LogP contribution is 2.14. The van der Waals surface area contributed by atoms with E-state index in [1.54, 1.807) is 9.80 Å². The Morgan fingerprint density at radius 1 is 1.35 bits per heavy atom. The molecule has 1 rings (SSSR count). The molecular formula is C11H19N3O2S. The number of carbonyl (C=O) groups excluding carboxylic acids is 2. The standard InChI is InChI=1S/C11H19N3O2S/c1-3-8(7-9(12)17)14-6-5-13(4-2)10(15)11(14)16/h8H,3-7H2,1-2H3,(H2,12,17). The summed E-state index contributed by atoms with van der Waals surface area (Å²) < 4.78 is 0. The molecule has 0 spiro atoms. The van der Waals surface area contributed by atoms with Gasteiger partial charge < -0.3 is 15.5 Å². The lowest BCUT2D eigenvalue weighted by molar-refractivity contribution is -0.157. The largest absolute Gasteiger partial charge is 0.393 e. The average Bonchev–Trinajstić information content (AvgIpc) is 2.29. The Balaban J connectivity index is 2.75. The molecule has 1 saturated heterocycles. The zero-order valence-corrected chi connectivity index (χ0v) is 11.1. The van der Waals surface area contributed by atoms with Crippen LogP contribution in [0.15, 0.2) is 0 Å². The Labute approximate surface area is 107 Å². The second kappa shape index (κ2) is 5.95. The molecular weight excluding hydrogens is 238 g/mol. The lowest BCUT2D eigenvalue weighted by atomic mass is 10.1. The van der Waals surface area contributed by atoms with E-state index in [-0.39, 0.29) is 6.04 Å². The van der Waals surface area contributed by atoms with Crippen molar-refractivity contribution >= 4 is 29.0 Å². The van der Waals surface area contributed by atoms with E-state index in [0.29, 0.717) is 31.0 Å². The summed E-state index contributed by atoms with van der Waals surface area (Å²) in [5.41, 5.74) is 5.51. The first-order valence-electron chi connectivity index (χ1n) is 5.89. The van der Waals surface area contributed by atoms with E-state index >= 15 is 0 Å². The topological polar surface area (TPSA) is 66.6 Å². The third kappa shape index (κ3) is 3.15. The van der Waals surface area contributed by atoms with Gasteiger partial charge in [0, 0.05) is 32.1 Å². The summed E-state index contributed by atoms with van der Waals surface area (Å²) in [5, 5.41) is 0. The van der Waals surface area contributed by atoms with Crippen LogP contribution in [0.1, 0.15) is 26.7 Å². The molecule has 6 heteroatoms. The maximum Gasteiger partial charge on any atom is 0.312 e. The van der Waals surface area contributed by atoms with Gasteiger partial charge in [-0.15, -0.1) is 0 Å². The summed E-state index contributed by atoms with van der Waals surface area (Å²) in [6.45, 7) is 5.57. The third-order valence-corrected chi connectivity index (χ3v) is 3.24. The zero-order chi connectivity index (χ0) is 13.0. The second-order valence-electron chi connectivity index (χ2n) is 4.12. The highest BCUT2D eigenvalue weighted by molar-refractivity contribution is 7.80. The Morgan fingerprint density at radius 2 is 2.00 bits per heavy atom. The second-order valence-corrected chi connectivity index (χ2v) is 4.64. The number of thiocarbonyl (C=S) groups is 1. The number of piperazine rings is 1. The van der Waals surface area contributed by atoms with E-state index in [1.165, 1.54) is 0 Å². The van der Waals surface area contributed by atoms with Crippen LogP contribution in [0.5, 0.6) is 0 Å². The summed E-state index contributed by atoms with van der Waals surface area (Å²) in [7, 11) is 0. The van der Waals surface area contributed by atoms with Gasteiger partial charge >= 0.3 is 11.8 Å². The molecule has 0 aromatic heterocycles. The zero-order valence-electron chi connectivity index (χ0n) is 10.3. The van der Waals surface area contributed by atoms with Crippen molar-refractivity contribution < 1.29 is 9.59 Å². The molecule has 0 saturated carbocycles. The molecule has 0 aromatic carbocycles. The van der Waals surface area contributed by atoms with Crippen LogP contribution in [0.4, 0.5) is 0 Å². The molecule has 1 atom stereocenters. The molecule has 0 bridgehead atoms. The number of amides is 2. The Hall–Kier alpha value is -1.17. The van der Waals surface area contributed by atoms with Crippen LogP contribution in [-0.2, 0) is 9.59 Å². The first-order valence-corrected chi connectivity index (χ1v) is 6.30. The van der Waals surface area contributed by atoms with Gasteiger partial charge in [-0.05, 0) is 13.3 Å². The fourth-order valence-corrected chi connectivity index (χ4v) is 2.24. The van der Waals surface area contributed by atoms with E-state index in [4.69, 9.17) is 18.0 Å². The summed E-state index contributed by atoms with van der Waals surface area (Å²) in [6.07, 6.45) is 1.24. The Morgan fingerprint density at radius 3 is 2.47 bits per heavy atom. The fraction of sp³-hybridized carbons (Fsp3) is 0.727.